The van der Waals surface area contributed by atoms with Crippen LogP contribution in [0.4, 0.5) is 0 Å². The van der Waals surface area contributed by atoms with E-state index >= 15 is 0 Å². The van der Waals surface area contributed by atoms with Crippen molar-refractivity contribution in [1.29, 1.82) is 0 Å². The van der Waals surface area contributed by atoms with E-state index in [0.29, 0.717) is 19.7 Å². The molecule has 3 saturated heterocycles. The van der Waals surface area contributed by atoms with Gasteiger partial charge in [0, 0.05) is 46.4 Å². The second-order valence-electron chi connectivity index (χ2n) is 8.37. The predicted octanol–water partition coefficient (Wildman–Crippen LogP) is 1.71. The molecule has 0 aliphatic carbocycles. The average Bonchev–Trinajstić information content (AvgIpc) is 3.52. The minimum Gasteiger partial charge on any atom is -0.468 e. The van der Waals surface area contributed by atoms with Crippen molar-refractivity contribution in [2.24, 2.45) is 4.99 Å². The summed E-state index contributed by atoms with van der Waals surface area (Å²) in [6.45, 7) is 6.68. The summed E-state index contributed by atoms with van der Waals surface area (Å²) in [5.74, 6) is 2.05. The van der Waals surface area contributed by atoms with Crippen LogP contribution < -0.4 is 5.32 Å². The molecule has 1 aromatic heterocycles. The molecule has 8 heteroatoms. The maximum absolute atomic E-state index is 12.6. The lowest BCUT2D eigenvalue weighted by Gasteiger charge is -2.38. The number of hydrogen-bond donors (Lipinski definition) is 1. The molecule has 4 heterocycles. The first kappa shape index (κ1) is 21.2. The second-order valence-corrected chi connectivity index (χ2v) is 8.37. The predicted molar refractivity (Wildman–Crippen MR) is 115 cm³/mol. The Balaban J connectivity index is 1.31. The summed E-state index contributed by atoms with van der Waals surface area (Å²) in [6, 6.07) is 4.24. The molecule has 3 fully saturated rings. The van der Waals surface area contributed by atoms with Crippen LogP contribution in [0.5, 0.6) is 0 Å². The molecule has 3 aliphatic rings. The van der Waals surface area contributed by atoms with Crippen molar-refractivity contribution in [3.05, 3.63) is 24.2 Å². The Hall–Kier alpha value is -2.06. The van der Waals surface area contributed by atoms with Crippen molar-refractivity contribution >= 4 is 11.9 Å². The summed E-state index contributed by atoms with van der Waals surface area (Å²) in [5, 5.41) is 3.57. The second kappa shape index (κ2) is 10.3. The number of nitrogens with one attached hydrogen (secondary N) is 1. The fraction of sp³-hybridized carbons (Fsp3) is 0.727. The minimum atomic E-state index is -0.229. The van der Waals surface area contributed by atoms with Gasteiger partial charge < -0.3 is 24.3 Å². The van der Waals surface area contributed by atoms with E-state index in [0.717, 1.165) is 57.3 Å². The van der Waals surface area contributed by atoms with Crippen molar-refractivity contribution in [1.82, 2.24) is 20.0 Å². The zero-order valence-electron chi connectivity index (χ0n) is 18.1. The number of carbonyl (C=O) groups is 1. The summed E-state index contributed by atoms with van der Waals surface area (Å²) in [7, 11) is 1.83. The molecule has 0 radical (unpaired) electrons. The Kier molecular flexibility index (Phi) is 7.28. The van der Waals surface area contributed by atoms with Gasteiger partial charge in [-0.2, -0.15) is 0 Å². The molecule has 3 aliphatic heterocycles. The van der Waals surface area contributed by atoms with Crippen LogP contribution in [0.1, 0.15) is 43.9 Å². The van der Waals surface area contributed by atoms with Gasteiger partial charge in [0.15, 0.2) is 5.96 Å². The molecular weight excluding hydrogens is 382 g/mol. The summed E-state index contributed by atoms with van der Waals surface area (Å²) >= 11 is 0. The number of likely N-dealkylation sites (tertiary alicyclic amines) is 1. The van der Waals surface area contributed by atoms with Crippen molar-refractivity contribution in [3.63, 3.8) is 0 Å². The standard InChI is InChI=1S/C22H35N5O3/c1-23-22(27-13-11-26(12-14-27)21(28)20-8-6-16-30-20)24-17-18(19-7-5-15-29-19)25-9-3-2-4-10-25/h5,7,15,18,20H,2-4,6,8-14,16-17H2,1H3,(H,23,24). The van der Waals surface area contributed by atoms with Gasteiger partial charge in [-0.25, -0.2) is 0 Å². The number of aliphatic imine (C=N–C) groups is 1. The zero-order chi connectivity index (χ0) is 20.8. The summed E-state index contributed by atoms with van der Waals surface area (Å²) < 4.78 is 11.3. The number of rotatable bonds is 5. The van der Waals surface area contributed by atoms with Crippen LogP contribution in [0.15, 0.2) is 27.8 Å². The number of carbonyl (C=O) groups excluding carboxylic acids is 1. The molecule has 30 heavy (non-hydrogen) atoms. The number of amides is 1. The first-order valence-electron chi connectivity index (χ1n) is 11.4. The maximum atomic E-state index is 12.6. The number of nitrogens with zero attached hydrogens (tertiary/aromatic N) is 4. The van der Waals surface area contributed by atoms with E-state index in [4.69, 9.17) is 9.15 Å². The molecule has 0 bridgehead atoms. The molecule has 2 unspecified atom stereocenters. The van der Waals surface area contributed by atoms with Crippen molar-refractivity contribution in [2.45, 2.75) is 44.2 Å². The summed E-state index contributed by atoms with van der Waals surface area (Å²) in [5.41, 5.74) is 0. The lowest BCUT2D eigenvalue weighted by Crippen LogP contribution is -2.56. The quantitative estimate of drug-likeness (QED) is 0.581. The van der Waals surface area contributed by atoms with E-state index < -0.39 is 0 Å². The molecular formula is C22H35N5O3. The number of piperazine rings is 1. The molecule has 1 aromatic rings. The molecule has 0 saturated carbocycles. The first-order valence-corrected chi connectivity index (χ1v) is 11.4. The minimum absolute atomic E-state index is 0.151. The summed E-state index contributed by atoms with van der Waals surface area (Å²) in [4.78, 5) is 23.8. The van der Waals surface area contributed by atoms with Crippen LogP contribution in [-0.4, -0.2) is 92.1 Å². The van der Waals surface area contributed by atoms with E-state index in [9.17, 15) is 4.79 Å². The van der Waals surface area contributed by atoms with Gasteiger partial charge in [0.1, 0.15) is 11.9 Å². The number of ether oxygens (including phenoxy) is 1. The number of furan rings is 1. The highest BCUT2D eigenvalue weighted by molar-refractivity contribution is 5.82. The van der Waals surface area contributed by atoms with Gasteiger partial charge in [-0.05, 0) is 50.9 Å². The van der Waals surface area contributed by atoms with Crippen LogP contribution >= 0.6 is 0 Å². The van der Waals surface area contributed by atoms with E-state index in [1.54, 1.807) is 6.26 Å². The third-order valence-electron chi connectivity index (χ3n) is 6.46. The van der Waals surface area contributed by atoms with Gasteiger partial charge in [0.05, 0.1) is 12.3 Å². The first-order chi connectivity index (χ1) is 14.8. The molecule has 8 nitrogen and oxygen atoms in total. The van der Waals surface area contributed by atoms with Gasteiger partial charge in [-0.3, -0.25) is 14.7 Å². The van der Waals surface area contributed by atoms with Crippen LogP contribution in [0, 0.1) is 0 Å². The largest absolute Gasteiger partial charge is 0.468 e. The fourth-order valence-corrected chi connectivity index (χ4v) is 4.76. The Morgan fingerprint density at radius 1 is 1.13 bits per heavy atom. The van der Waals surface area contributed by atoms with E-state index in [1.165, 1.54) is 19.3 Å². The van der Waals surface area contributed by atoms with E-state index in [2.05, 4.69) is 26.2 Å². The third-order valence-corrected chi connectivity index (χ3v) is 6.46. The SMILES string of the molecule is CN=C(NCC(c1ccco1)N1CCCCC1)N1CCN(C(=O)C2CCCO2)CC1. The highest BCUT2D eigenvalue weighted by Crippen LogP contribution is 2.24. The third kappa shape index (κ3) is 4.98. The van der Waals surface area contributed by atoms with Crippen molar-refractivity contribution in [3.8, 4) is 0 Å². The number of hydrogen-bond acceptors (Lipinski definition) is 5. The average molecular weight is 418 g/mol. The molecule has 1 amide bonds. The zero-order valence-corrected chi connectivity index (χ0v) is 18.1. The highest BCUT2D eigenvalue weighted by atomic mass is 16.5. The van der Waals surface area contributed by atoms with Crippen LogP contribution in [0.25, 0.3) is 0 Å². The van der Waals surface area contributed by atoms with Gasteiger partial charge in [-0.15, -0.1) is 0 Å². The Morgan fingerprint density at radius 2 is 1.90 bits per heavy atom. The molecule has 1 N–H and O–H groups in total. The van der Waals surface area contributed by atoms with E-state index in [-0.39, 0.29) is 18.1 Å². The number of guanidine groups is 1. The van der Waals surface area contributed by atoms with Gasteiger partial charge >= 0.3 is 0 Å². The van der Waals surface area contributed by atoms with Gasteiger partial charge in [0.2, 0.25) is 0 Å². The monoisotopic (exact) mass is 417 g/mol. The normalized spacial score (nSPS) is 24.8. The lowest BCUT2D eigenvalue weighted by molar-refractivity contribution is -0.142. The van der Waals surface area contributed by atoms with Crippen LogP contribution in [-0.2, 0) is 9.53 Å². The fourth-order valence-electron chi connectivity index (χ4n) is 4.76. The van der Waals surface area contributed by atoms with Crippen LogP contribution in [0.3, 0.4) is 0 Å². The molecule has 166 valence electrons. The highest BCUT2D eigenvalue weighted by Gasteiger charge is 2.31. The maximum Gasteiger partial charge on any atom is 0.251 e. The van der Waals surface area contributed by atoms with Crippen molar-refractivity contribution in [2.75, 3.05) is 59.5 Å². The number of piperidine rings is 1. The Bertz CT molecular complexity index is 688. The smallest absolute Gasteiger partial charge is 0.251 e. The molecule has 0 aromatic carbocycles. The Morgan fingerprint density at radius 3 is 2.53 bits per heavy atom. The molecule has 2 atom stereocenters. The van der Waals surface area contributed by atoms with Crippen LogP contribution in [0.2, 0.25) is 0 Å². The van der Waals surface area contributed by atoms with Gasteiger partial charge in [0.25, 0.3) is 5.91 Å². The lowest BCUT2D eigenvalue weighted by atomic mass is 10.1. The molecule has 4 rings (SSSR count). The topological polar surface area (TPSA) is 73.6 Å². The summed E-state index contributed by atoms with van der Waals surface area (Å²) in [6.07, 6.45) is 7.16. The van der Waals surface area contributed by atoms with Crippen molar-refractivity contribution < 1.29 is 13.9 Å². The molecule has 0 spiro atoms. The van der Waals surface area contributed by atoms with E-state index in [1.807, 2.05) is 18.0 Å². The Labute approximate surface area is 179 Å². The van der Waals surface area contributed by atoms with Gasteiger partial charge in [-0.1, -0.05) is 6.42 Å².